The molecule has 4 aromatic rings. The summed E-state index contributed by atoms with van der Waals surface area (Å²) < 4.78 is 15.7. The van der Waals surface area contributed by atoms with Crippen LogP contribution in [0.4, 0.5) is 4.39 Å². The Kier molecular flexibility index (Phi) is 5.11. The van der Waals surface area contributed by atoms with Crippen molar-refractivity contribution < 1.29 is 9.18 Å². The maximum Gasteiger partial charge on any atom is 0.162 e. The van der Waals surface area contributed by atoms with Gasteiger partial charge in [-0.25, -0.2) is 4.39 Å². The highest BCUT2D eigenvalue weighted by Gasteiger charge is 2.28. The number of carbonyl (C=O) groups excluding carboxylic acids is 1. The number of Topliss-reactive ketones (excluding diaryl/α,β-unsaturated/α-hetero) is 1. The van der Waals surface area contributed by atoms with E-state index < -0.39 is 0 Å². The number of halogens is 1. The number of rotatable bonds is 6. The van der Waals surface area contributed by atoms with Gasteiger partial charge < -0.3 is 4.57 Å². The molecule has 6 rings (SSSR count). The number of aromatic nitrogens is 1. The molecule has 3 heterocycles. The minimum atomic E-state index is -0.304. The van der Waals surface area contributed by atoms with Crippen LogP contribution in [-0.2, 0) is 25.9 Å². The van der Waals surface area contributed by atoms with Crippen molar-refractivity contribution in [2.24, 2.45) is 0 Å². The van der Waals surface area contributed by atoms with Crippen LogP contribution in [0.3, 0.4) is 0 Å². The molecular weight excluding hydrogens is 411 g/mol. The standard InChI is InChI=1S/C29H27FN2O/c30-24-10-8-21(9-11-24)28(33)7-4-14-31-15-13-27-26(19-31)25-18-23(20-5-2-1-3-6-20)17-22-12-16-32(27)29(22)25/h1-3,5-6,8-11,17-18H,4,7,12-16,19H2. The summed E-state index contributed by atoms with van der Waals surface area (Å²) in [5.41, 5.74) is 9.07. The molecule has 0 saturated carbocycles. The zero-order valence-corrected chi connectivity index (χ0v) is 18.7. The Bertz CT molecular complexity index is 1340. The van der Waals surface area contributed by atoms with Crippen molar-refractivity contribution in [3.05, 3.63) is 94.9 Å². The summed E-state index contributed by atoms with van der Waals surface area (Å²) in [6.45, 7) is 3.98. The van der Waals surface area contributed by atoms with E-state index in [0.717, 1.165) is 45.4 Å². The van der Waals surface area contributed by atoms with Gasteiger partial charge in [-0.3, -0.25) is 9.69 Å². The van der Waals surface area contributed by atoms with Crippen LogP contribution in [0, 0.1) is 5.82 Å². The molecule has 0 unspecified atom stereocenters. The van der Waals surface area contributed by atoms with Gasteiger partial charge in [-0.05, 0) is 78.0 Å². The predicted molar refractivity (Wildman–Crippen MR) is 130 cm³/mol. The van der Waals surface area contributed by atoms with Gasteiger partial charge in [0.05, 0.1) is 5.52 Å². The molecular formula is C29H27FN2O. The highest BCUT2D eigenvalue weighted by atomic mass is 19.1. The SMILES string of the molecule is O=C(CCCN1CCc2c(c3cc(-c4ccccc4)cc4c3n2CC4)C1)c1ccc(F)cc1. The lowest BCUT2D eigenvalue weighted by molar-refractivity contribution is 0.0973. The largest absolute Gasteiger partial charge is 0.344 e. The molecule has 0 spiro atoms. The van der Waals surface area contributed by atoms with Gasteiger partial charge in [-0.1, -0.05) is 30.3 Å². The second-order valence-electron chi connectivity index (χ2n) is 9.28. The first-order chi connectivity index (χ1) is 16.2. The number of fused-ring (bicyclic) bond motifs is 3. The van der Waals surface area contributed by atoms with E-state index in [0.29, 0.717) is 12.0 Å². The van der Waals surface area contributed by atoms with Crippen molar-refractivity contribution in [2.75, 3.05) is 13.1 Å². The van der Waals surface area contributed by atoms with Crippen molar-refractivity contribution in [1.29, 1.82) is 0 Å². The van der Waals surface area contributed by atoms with Crippen LogP contribution in [0.1, 0.15) is 40.0 Å². The maximum absolute atomic E-state index is 13.1. The van der Waals surface area contributed by atoms with Gasteiger partial charge >= 0.3 is 0 Å². The number of ketones is 1. The number of benzene rings is 3. The third-order valence-corrected chi connectivity index (χ3v) is 7.26. The predicted octanol–water partition coefficient (Wildman–Crippen LogP) is 6.02. The van der Waals surface area contributed by atoms with Crippen LogP contribution in [0.15, 0.2) is 66.7 Å². The lowest BCUT2D eigenvalue weighted by atomic mass is 9.96. The summed E-state index contributed by atoms with van der Waals surface area (Å²) in [6.07, 6.45) is 3.51. The van der Waals surface area contributed by atoms with E-state index in [2.05, 4.69) is 51.9 Å². The minimum absolute atomic E-state index is 0.0934. The summed E-state index contributed by atoms with van der Waals surface area (Å²) in [4.78, 5) is 14.9. The molecule has 4 heteroatoms. The summed E-state index contributed by atoms with van der Waals surface area (Å²) in [5, 5.41) is 1.41. The first-order valence-electron chi connectivity index (χ1n) is 11.9. The van der Waals surface area contributed by atoms with Gasteiger partial charge in [-0.2, -0.15) is 0 Å². The van der Waals surface area contributed by atoms with Crippen molar-refractivity contribution in [3.8, 4) is 11.1 Å². The zero-order chi connectivity index (χ0) is 22.4. The third kappa shape index (κ3) is 3.68. The van der Waals surface area contributed by atoms with E-state index in [1.807, 2.05) is 0 Å². The summed E-state index contributed by atoms with van der Waals surface area (Å²) in [7, 11) is 0. The second-order valence-corrected chi connectivity index (χ2v) is 9.28. The average molecular weight is 439 g/mol. The van der Waals surface area contributed by atoms with E-state index >= 15 is 0 Å². The van der Waals surface area contributed by atoms with E-state index in [4.69, 9.17) is 0 Å². The summed E-state index contributed by atoms with van der Waals surface area (Å²) in [6, 6.07) is 21.3. The van der Waals surface area contributed by atoms with Crippen molar-refractivity contribution >= 4 is 16.7 Å². The lowest BCUT2D eigenvalue weighted by Gasteiger charge is -2.28. The third-order valence-electron chi connectivity index (χ3n) is 7.26. The highest BCUT2D eigenvalue weighted by Crippen LogP contribution is 2.39. The summed E-state index contributed by atoms with van der Waals surface area (Å²) in [5.74, 6) is -0.211. The van der Waals surface area contributed by atoms with Crippen LogP contribution in [-0.4, -0.2) is 28.3 Å². The van der Waals surface area contributed by atoms with E-state index in [1.54, 1.807) is 12.1 Å². The average Bonchev–Trinajstić information content (AvgIpc) is 3.41. The fraction of sp³-hybridized carbons (Fsp3) is 0.276. The molecule has 0 amide bonds. The van der Waals surface area contributed by atoms with E-state index in [-0.39, 0.29) is 11.6 Å². The second kappa shape index (κ2) is 8.27. The Balaban J connectivity index is 1.21. The molecule has 2 aliphatic rings. The van der Waals surface area contributed by atoms with Crippen molar-refractivity contribution in [2.45, 2.75) is 38.8 Å². The Hall–Kier alpha value is -3.24. The number of nitrogens with zero attached hydrogens (tertiary/aromatic N) is 2. The van der Waals surface area contributed by atoms with Gasteiger partial charge in [0.15, 0.2) is 5.78 Å². The topological polar surface area (TPSA) is 25.2 Å². The number of carbonyl (C=O) groups is 1. The molecule has 3 nitrogen and oxygen atoms in total. The first-order valence-corrected chi connectivity index (χ1v) is 11.9. The van der Waals surface area contributed by atoms with Crippen molar-refractivity contribution in [3.63, 3.8) is 0 Å². The van der Waals surface area contributed by atoms with E-state index in [1.165, 1.54) is 51.0 Å². The summed E-state index contributed by atoms with van der Waals surface area (Å²) >= 11 is 0. The number of hydrogen-bond donors (Lipinski definition) is 0. The van der Waals surface area contributed by atoms with Crippen LogP contribution >= 0.6 is 0 Å². The van der Waals surface area contributed by atoms with Gasteiger partial charge in [0.1, 0.15) is 5.82 Å². The molecule has 0 radical (unpaired) electrons. The van der Waals surface area contributed by atoms with E-state index in [9.17, 15) is 9.18 Å². The molecule has 33 heavy (non-hydrogen) atoms. The Labute approximate surface area is 193 Å². The fourth-order valence-electron chi connectivity index (χ4n) is 5.63. The number of aryl methyl sites for hydroxylation is 2. The lowest BCUT2D eigenvalue weighted by Crippen LogP contribution is -2.32. The Morgan fingerprint density at radius 3 is 2.55 bits per heavy atom. The molecule has 0 saturated heterocycles. The molecule has 1 aromatic heterocycles. The molecule has 2 aliphatic heterocycles. The van der Waals surface area contributed by atoms with Crippen molar-refractivity contribution in [1.82, 2.24) is 9.47 Å². The highest BCUT2D eigenvalue weighted by molar-refractivity contribution is 5.96. The molecule has 0 aliphatic carbocycles. The smallest absolute Gasteiger partial charge is 0.162 e. The monoisotopic (exact) mass is 438 g/mol. The van der Waals surface area contributed by atoms with Gasteiger partial charge in [0.2, 0.25) is 0 Å². The molecule has 166 valence electrons. The van der Waals surface area contributed by atoms with Crippen LogP contribution < -0.4 is 0 Å². The molecule has 0 atom stereocenters. The molecule has 0 fully saturated rings. The van der Waals surface area contributed by atoms with Crippen LogP contribution in [0.25, 0.3) is 22.0 Å². The van der Waals surface area contributed by atoms with Gasteiger partial charge in [-0.15, -0.1) is 0 Å². The molecule has 3 aromatic carbocycles. The zero-order valence-electron chi connectivity index (χ0n) is 18.7. The minimum Gasteiger partial charge on any atom is -0.344 e. The fourth-order valence-corrected chi connectivity index (χ4v) is 5.63. The van der Waals surface area contributed by atoms with Gasteiger partial charge in [0.25, 0.3) is 0 Å². The van der Waals surface area contributed by atoms with Gasteiger partial charge in [0, 0.05) is 49.1 Å². The Morgan fingerprint density at radius 2 is 1.73 bits per heavy atom. The molecule has 0 N–H and O–H groups in total. The first kappa shape index (κ1) is 20.4. The number of hydrogen-bond acceptors (Lipinski definition) is 2. The molecule has 0 bridgehead atoms. The normalized spacial score (nSPS) is 15.2. The maximum atomic E-state index is 13.1. The quantitative estimate of drug-likeness (QED) is 0.344. The Morgan fingerprint density at radius 1 is 0.909 bits per heavy atom. The van der Waals surface area contributed by atoms with Crippen LogP contribution in [0.5, 0.6) is 0 Å². The van der Waals surface area contributed by atoms with Crippen LogP contribution in [0.2, 0.25) is 0 Å².